The van der Waals surface area contributed by atoms with Gasteiger partial charge in [-0.15, -0.1) is 0 Å². The molecule has 0 unspecified atom stereocenters. The lowest BCUT2D eigenvalue weighted by Gasteiger charge is -2.13. The van der Waals surface area contributed by atoms with Crippen molar-refractivity contribution in [3.63, 3.8) is 0 Å². The van der Waals surface area contributed by atoms with Crippen LogP contribution in [0.4, 0.5) is 17.3 Å². The molecular formula is C14H19N5O2. The van der Waals surface area contributed by atoms with Gasteiger partial charge in [0.1, 0.15) is 18.0 Å². The van der Waals surface area contributed by atoms with Crippen LogP contribution in [0.1, 0.15) is 13.8 Å². The molecule has 1 aromatic heterocycles. The topological polar surface area (TPSA) is 94.3 Å². The number of rotatable bonds is 7. The van der Waals surface area contributed by atoms with Crippen molar-refractivity contribution in [2.24, 2.45) is 5.84 Å². The first kappa shape index (κ1) is 14.9. The number of nitrogens with two attached hydrogens (primary N) is 1. The Morgan fingerprint density at radius 2 is 1.71 bits per heavy atom. The lowest BCUT2D eigenvalue weighted by molar-refractivity contribution is 0.288. The van der Waals surface area contributed by atoms with Gasteiger partial charge >= 0.3 is 0 Å². The number of nitrogens with one attached hydrogen (secondary N) is 2. The molecule has 0 spiro atoms. The van der Waals surface area contributed by atoms with E-state index in [0.717, 1.165) is 11.4 Å². The number of anilines is 3. The van der Waals surface area contributed by atoms with Gasteiger partial charge in [0.05, 0.1) is 13.2 Å². The second-order valence-electron chi connectivity index (χ2n) is 4.09. The highest BCUT2D eigenvalue weighted by atomic mass is 16.5. The average Bonchev–Trinajstić information content (AvgIpc) is 2.50. The van der Waals surface area contributed by atoms with Crippen LogP contribution in [0.5, 0.6) is 11.5 Å². The number of aromatic nitrogens is 2. The van der Waals surface area contributed by atoms with E-state index in [-0.39, 0.29) is 0 Å². The first-order valence-corrected chi connectivity index (χ1v) is 6.72. The molecular weight excluding hydrogens is 270 g/mol. The molecule has 2 rings (SSSR count). The fraction of sp³-hybridized carbons (Fsp3) is 0.286. The Morgan fingerprint density at radius 1 is 1.00 bits per heavy atom. The first-order chi connectivity index (χ1) is 10.3. The third-order valence-electron chi connectivity index (χ3n) is 2.63. The Labute approximate surface area is 123 Å². The van der Waals surface area contributed by atoms with E-state index < -0.39 is 0 Å². The van der Waals surface area contributed by atoms with E-state index in [2.05, 4.69) is 20.7 Å². The van der Waals surface area contributed by atoms with Crippen molar-refractivity contribution in [3.05, 3.63) is 30.6 Å². The Morgan fingerprint density at radius 3 is 2.43 bits per heavy atom. The van der Waals surface area contributed by atoms with Crippen LogP contribution in [0.15, 0.2) is 30.6 Å². The molecule has 7 heteroatoms. The van der Waals surface area contributed by atoms with Crippen LogP contribution in [-0.4, -0.2) is 23.2 Å². The molecule has 1 heterocycles. The minimum atomic E-state index is 0.531. The largest absolute Gasteiger partial charge is 0.490 e. The molecule has 0 aliphatic heterocycles. The van der Waals surface area contributed by atoms with Crippen molar-refractivity contribution in [1.29, 1.82) is 0 Å². The van der Waals surface area contributed by atoms with Crippen LogP contribution in [0.3, 0.4) is 0 Å². The number of nitrogens with zero attached hydrogens (tertiary/aromatic N) is 2. The quantitative estimate of drug-likeness (QED) is 0.532. The number of hydrogen-bond donors (Lipinski definition) is 3. The summed E-state index contributed by atoms with van der Waals surface area (Å²) in [6.45, 7) is 5.02. The number of hydrogen-bond acceptors (Lipinski definition) is 7. The lowest BCUT2D eigenvalue weighted by Crippen LogP contribution is -2.09. The SMILES string of the molecule is CCOc1ccc(Nc2cc(NN)ncn2)cc1OCC. The van der Waals surface area contributed by atoms with Crippen LogP contribution >= 0.6 is 0 Å². The monoisotopic (exact) mass is 289 g/mol. The molecule has 0 amide bonds. The van der Waals surface area contributed by atoms with Gasteiger partial charge in [-0.05, 0) is 26.0 Å². The molecule has 1 aromatic carbocycles. The van der Waals surface area contributed by atoms with Gasteiger partial charge in [-0.2, -0.15) is 0 Å². The molecule has 0 radical (unpaired) electrons. The van der Waals surface area contributed by atoms with Crippen LogP contribution in [-0.2, 0) is 0 Å². The predicted octanol–water partition coefficient (Wildman–Crippen LogP) is 2.30. The standard InChI is InChI=1S/C14H19N5O2/c1-3-20-11-6-5-10(7-12(11)21-4-2)18-13-8-14(19-15)17-9-16-13/h5-9H,3-4,15H2,1-2H3,(H2,16,17,18,19). The maximum absolute atomic E-state index is 5.58. The van der Waals surface area contributed by atoms with Gasteiger partial charge in [0.25, 0.3) is 0 Å². The normalized spacial score (nSPS) is 10.0. The fourth-order valence-corrected chi connectivity index (χ4v) is 1.78. The molecule has 4 N–H and O–H groups in total. The van der Waals surface area contributed by atoms with Gasteiger partial charge in [-0.1, -0.05) is 0 Å². The van der Waals surface area contributed by atoms with Crippen LogP contribution in [0, 0.1) is 0 Å². The highest BCUT2D eigenvalue weighted by Gasteiger charge is 2.07. The molecule has 21 heavy (non-hydrogen) atoms. The van der Waals surface area contributed by atoms with Crippen LogP contribution < -0.4 is 26.1 Å². The van der Waals surface area contributed by atoms with Crippen molar-refractivity contribution < 1.29 is 9.47 Å². The molecule has 0 aliphatic carbocycles. The summed E-state index contributed by atoms with van der Waals surface area (Å²) >= 11 is 0. The number of ether oxygens (including phenoxy) is 2. The summed E-state index contributed by atoms with van der Waals surface area (Å²) in [5.74, 6) is 7.89. The first-order valence-electron chi connectivity index (χ1n) is 6.72. The van der Waals surface area contributed by atoms with Crippen molar-refractivity contribution in [2.45, 2.75) is 13.8 Å². The van der Waals surface area contributed by atoms with Crippen LogP contribution in [0.25, 0.3) is 0 Å². The molecule has 0 bridgehead atoms. The van der Waals surface area contributed by atoms with E-state index in [0.29, 0.717) is 30.6 Å². The maximum atomic E-state index is 5.58. The summed E-state index contributed by atoms with van der Waals surface area (Å²) < 4.78 is 11.1. The summed E-state index contributed by atoms with van der Waals surface area (Å²) in [6, 6.07) is 7.33. The molecule has 0 atom stereocenters. The lowest BCUT2D eigenvalue weighted by atomic mass is 10.2. The predicted molar refractivity (Wildman–Crippen MR) is 81.9 cm³/mol. The minimum Gasteiger partial charge on any atom is -0.490 e. The van der Waals surface area contributed by atoms with E-state index in [9.17, 15) is 0 Å². The van der Waals surface area contributed by atoms with E-state index in [1.807, 2.05) is 32.0 Å². The van der Waals surface area contributed by atoms with E-state index in [4.69, 9.17) is 15.3 Å². The Hall–Kier alpha value is -2.54. The molecule has 0 fully saturated rings. The van der Waals surface area contributed by atoms with Crippen molar-refractivity contribution in [1.82, 2.24) is 9.97 Å². The van der Waals surface area contributed by atoms with Gasteiger partial charge in [-0.3, -0.25) is 0 Å². The molecule has 2 aromatic rings. The number of nitrogen functional groups attached to an aromatic ring is 1. The summed E-state index contributed by atoms with van der Waals surface area (Å²) in [4.78, 5) is 8.08. The van der Waals surface area contributed by atoms with Gasteiger partial charge in [-0.25, -0.2) is 15.8 Å². The van der Waals surface area contributed by atoms with Gasteiger partial charge in [0, 0.05) is 17.8 Å². The molecule has 0 saturated heterocycles. The molecule has 0 saturated carbocycles. The smallest absolute Gasteiger partial charge is 0.163 e. The van der Waals surface area contributed by atoms with E-state index >= 15 is 0 Å². The zero-order valence-electron chi connectivity index (χ0n) is 12.1. The van der Waals surface area contributed by atoms with Crippen molar-refractivity contribution >= 4 is 17.3 Å². The van der Waals surface area contributed by atoms with E-state index in [1.54, 1.807) is 6.07 Å². The van der Waals surface area contributed by atoms with Crippen molar-refractivity contribution in [3.8, 4) is 11.5 Å². The van der Waals surface area contributed by atoms with Crippen molar-refractivity contribution in [2.75, 3.05) is 24.0 Å². The van der Waals surface area contributed by atoms with Gasteiger partial charge in [0.2, 0.25) is 0 Å². The second kappa shape index (κ2) is 7.30. The highest BCUT2D eigenvalue weighted by molar-refractivity contribution is 5.62. The highest BCUT2D eigenvalue weighted by Crippen LogP contribution is 2.31. The van der Waals surface area contributed by atoms with Gasteiger partial charge < -0.3 is 20.2 Å². The summed E-state index contributed by atoms with van der Waals surface area (Å²) in [5, 5.41) is 3.16. The molecule has 0 aliphatic rings. The number of hydrazine groups is 1. The van der Waals surface area contributed by atoms with E-state index in [1.165, 1.54) is 6.33 Å². The minimum absolute atomic E-state index is 0.531. The third kappa shape index (κ3) is 3.96. The Balaban J connectivity index is 2.21. The molecule has 7 nitrogen and oxygen atoms in total. The van der Waals surface area contributed by atoms with Gasteiger partial charge in [0.15, 0.2) is 11.5 Å². The summed E-state index contributed by atoms with van der Waals surface area (Å²) in [5.41, 5.74) is 3.31. The second-order valence-corrected chi connectivity index (χ2v) is 4.09. The van der Waals surface area contributed by atoms with Crippen LogP contribution in [0.2, 0.25) is 0 Å². The third-order valence-corrected chi connectivity index (χ3v) is 2.63. The molecule has 112 valence electrons. The fourth-order valence-electron chi connectivity index (χ4n) is 1.78. The average molecular weight is 289 g/mol. The Bertz CT molecular complexity index is 591. The maximum Gasteiger partial charge on any atom is 0.163 e. The summed E-state index contributed by atoms with van der Waals surface area (Å²) in [7, 11) is 0. The number of benzene rings is 1. The summed E-state index contributed by atoms with van der Waals surface area (Å²) in [6.07, 6.45) is 1.43. The Kier molecular flexibility index (Phi) is 5.16. The zero-order valence-corrected chi connectivity index (χ0v) is 12.1. The zero-order chi connectivity index (χ0) is 15.1.